The van der Waals surface area contributed by atoms with Crippen molar-refractivity contribution in [2.45, 2.75) is 6.42 Å². The Bertz CT molecular complexity index is 615. The fraction of sp³-hybridized carbons (Fsp3) is 0.0909. The van der Waals surface area contributed by atoms with Crippen molar-refractivity contribution < 1.29 is 18.7 Å². The molecule has 18 heavy (non-hydrogen) atoms. The Balaban J connectivity index is 2.42. The van der Waals surface area contributed by atoms with E-state index in [4.69, 9.17) is 5.11 Å². The van der Waals surface area contributed by atoms with E-state index in [1.165, 1.54) is 6.07 Å². The van der Waals surface area contributed by atoms with Gasteiger partial charge in [0, 0.05) is 11.6 Å². The highest BCUT2D eigenvalue weighted by Gasteiger charge is 2.16. The van der Waals surface area contributed by atoms with E-state index in [0.29, 0.717) is 14.5 Å². The lowest BCUT2D eigenvalue weighted by Crippen LogP contribution is -2.00. The van der Waals surface area contributed by atoms with E-state index in [1.54, 1.807) is 0 Å². The molecule has 0 fully saturated rings. The van der Waals surface area contributed by atoms with Crippen molar-refractivity contribution in [2.24, 2.45) is 0 Å². The van der Waals surface area contributed by atoms with Crippen molar-refractivity contribution in [3.8, 4) is 10.6 Å². The lowest BCUT2D eigenvalue weighted by molar-refractivity contribution is -0.136. The summed E-state index contributed by atoms with van der Waals surface area (Å²) in [6.45, 7) is 0. The molecule has 1 aromatic heterocycles. The molecule has 2 rings (SSSR count). The van der Waals surface area contributed by atoms with Crippen molar-refractivity contribution in [3.63, 3.8) is 0 Å². The second-order valence-electron chi connectivity index (χ2n) is 3.43. The van der Waals surface area contributed by atoms with Crippen LogP contribution in [0.2, 0.25) is 0 Å². The van der Waals surface area contributed by atoms with E-state index in [2.05, 4.69) is 20.9 Å². The molecular weight excluding hydrogens is 328 g/mol. The van der Waals surface area contributed by atoms with E-state index in [-0.39, 0.29) is 12.0 Å². The average molecular weight is 334 g/mol. The number of halogens is 3. The molecule has 0 aliphatic rings. The zero-order chi connectivity index (χ0) is 13.3. The summed E-state index contributed by atoms with van der Waals surface area (Å²) in [5.74, 6) is -2.41. The van der Waals surface area contributed by atoms with Gasteiger partial charge in [0.15, 0.2) is 0 Å². The SMILES string of the molecule is O=C(O)Cc1nc(-c2ccc(F)cc2F)sc1Br. The average Bonchev–Trinajstić information content (AvgIpc) is 2.59. The molecule has 94 valence electrons. The van der Waals surface area contributed by atoms with E-state index in [9.17, 15) is 13.6 Å². The number of aliphatic carboxylic acids is 1. The first-order valence-corrected chi connectivity index (χ1v) is 6.40. The van der Waals surface area contributed by atoms with Crippen LogP contribution < -0.4 is 0 Å². The molecule has 0 bridgehead atoms. The molecule has 0 unspecified atom stereocenters. The van der Waals surface area contributed by atoms with Gasteiger partial charge in [-0.05, 0) is 28.1 Å². The van der Waals surface area contributed by atoms with Gasteiger partial charge in [-0.1, -0.05) is 0 Å². The van der Waals surface area contributed by atoms with Gasteiger partial charge in [0.25, 0.3) is 0 Å². The number of nitrogens with zero attached hydrogens (tertiary/aromatic N) is 1. The van der Waals surface area contributed by atoms with Crippen LogP contribution in [0, 0.1) is 11.6 Å². The van der Waals surface area contributed by atoms with Crippen LogP contribution in [0.3, 0.4) is 0 Å². The van der Waals surface area contributed by atoms with Gasteiger partial charge in [0.2, 0.25) is 0 Å². The molecule has 2 aromatic rings. The number of rotatable bonds is 3. The summed E-state index contributed by atoms with van der Waals surface area (Å²) < 4.78 is 26.8. The second-order valence-corrected chi connectivity index (χ2v) is 5.75. The molecule has 0 saturated heterocycles. The first-order valence-electron chi connectivity index (χ1n) is 4.80. The number of carboxylic acid groups (broad SMARTS) is 1. The van der Waals surface area contributed by atoms with Gasteiger partial charge < -0.3 is 5.11 Å². The Labute approximate surface area is 113 Å². The molecule has 0 atom stereocenters. The van der Waals surface area contributed by atoms with Crippen LogP contribution in [0.1, 0.15) is 5.69 Å². The van der Waals surface area contributed by atoms with Gasteiger partial charge in [-0.3, -0.25) is 4.79 Å². The van der Waals surface area contributed by atoms with Gasteiger partial charge in [0.1, 0.15) is 16.6 Å². The third-order valence-corrected chi connectivity index (χ3v) is 3.99. The normalized spacial score (nSPS) is 10.6. The predicted octanol–water partition coefficient (Wildman–Crippen LogP) is 3.48. The lowest BCUT2D eigenvalue weighted by Gasteiger charge is -1.98. The number of carboxylic acids is 1. The van der Waals surface area contributed by atoms with Gasteiger partial charge in [0.05, 0.1) is 15.9 Å². The topological polar surface area (TPSA) is 50.2 Å². The fourth-order valence-corrected chi connectivity index (χ4v) is 2.89. The van der Waals surface area contributed by atoms with Crippen molar-refractivity contribution in [1.29, 1.82) is 0 Å². The predicted molar refractivity (Wildman–Crippen MR) is 66.5 cm³/mol. The van der Waals surface area contributed by atoms with Crippen molar-refractivity contribution in [2.75, 3.05) is 0 Å². The molecule has 7 heteroatoms. The highest BCUT2D eigenvalue weighted by atomic mass is 79.9. The lowest BCUT2D eigenvalue weighted by atomic mass is 10.2. The zero-order valence-electron chi connectivity index (χ0n) is 8.78. The molecule has 1 N–H and O–H groups in total. The van der Waals surface area contributed by atoms with Crippen LogP contribution in [0.25, 0.3) is 10.6 Å². The summed E-state index contributed by atoms with van der Waals surface area (Å²) in [6, 6.07) is 3.17. The summed E-state index contributed by atoms with van der Waals surface area (Å²) in [6.07, 6.45) is -0.250. The minimum absolute atomic E-state index is 0.152. The monoisotopic (exact) mass is 333 g/mol. The van der Waals surface area contributed by atoms with E-state index in [1.807, 2.05) is 0 Å². The maximum absolute atomic E-state index is 13.5. The van der Waals surface area contributed by atoms with Crippen LogP contribution in [0.5, 0.6) is 0 Å². The van der Waals surface area contributed by atoms with Crippen molar-refractivity contribution in [1.82, 2.24) is 4.98 Å². The summed E-state index contributed by atoms with van der Waals surface area (Å²) in [5.41, 5.74) is 0.477. The summed E-state index contributed by atoms with van der Waals surface area (Å²) in [4.78, 5) is 14.6. The minimum atomic E-state index is -1.02. The van der Waals surface area contributed by atoms with Gasteiger partial charge >= 0.3 is 5.97 Å². The van der Waals surface area contributed by atoms with Crippen LogP contribution in [0.4, 0.5) is 8.78 Å². The molecule has 3 nitrogen and oxygen atoms in total. The Kier molecular flexibility index (Phi) is 3.72. The molecule has 0 radical (unpaired) electrons. The number of hydrogen-bond donors (Lipinski definition) is 1. The molecule has 1 heterocycles. The Hall–Kier alpha value is -1.34. The van der Waals surface area contributed by atoms with Crippen LogP contribution in [-0.4, -0.2) is 16.1 Å². The standard InChI is InChI=1S/C11H6BrF2NO2S/c12-10-8(4-9(16)17)15-11(18-10)6-2-1-5(13)3-7(6)14/h1-3H,4H2,(H,16,17). The van der Waals surface area contributed by atoms with Gasteiger partial charge in [-0.25, -0.2) is 13.8 Å². The Morgan fingerprint density at radius 2 is 2.17 bits per heavy atom. The van der Waals surface area contributed by atoms with Crippen LogP contribution in [-0.2, 0) is 11.2 Å². The van der Waals surface area contributed by atoms with E-state index in [0.717, 1.165) is 23.5 Å². The maximum Gasteiger partial charge on any atom is 0.309 e. The van der Waals surface area contributed by atoms with Crippen LogP contribution in [0.15, 0.2) is 22.0 Å². The molecule has 0 amide bonds. The highest BCUT2D eigenvalue weighted by molar-refractivity contribution is 9.11. The van der Waals surface area contributed by atoms with Crippen molar-refractivity contribution in [3.05, 3.63) is 39.3 Å². The summed E-state index contributed by atoms with van der Waals surface area (Å²) >= 11 is 4.29. The molecular formula is C11H6BrF2NO2S. The number of carbonyl (C=O) groups is 1. The third kappa shape index (κ3) is 2.73. The Morgan fingerprint density at radius 1 is 1.44 bits per heavy atom. The van der Waals surface area contributed by atoms with Gasteiger partial charge in [-0.15, -0.1) is 11.3 Å². The minimum Gasteiger partial charge on any atom is -0.481 e. The number of benzene rings is 1. The number of hydrogen-bond acceptors (Lipinski definition) is 3. The molecule has 0 spiro atoms. The summed E-state index contributed by atoms with van der Waals surface area (Å²) in [5, 5.41) is 9.00. The third-order valence-electron chi connectivity index (χ3n) is 2.13. The van der Waals surface area contributed by atoms with Gasteiger partial charge in [-0.2, -0.15) is 0 Å². The largest absolute Gasteiger partial charge is 0.481 e. The highest BCUT2D eigenvalue weighted by Crippen LogP contribution is 2.33. The smallest absolute Gasteiger partial charge is 0.309 e. The second kappa shape index (κ2) is 5.11. The molecule has 0 saturated carbocycles. The first-order chi connectivity index (χ1) is 8.47. The maximum atomic E-state index is 13.5. The van der Waals surface area contributed by atoms with E-state index >= 15 is 0 Å². The quantitative estimate of drug-likeness (QED) is 0.935. The van der Waals surface area contributed by atoms with Crippen molar-refractivity contribution >= 4 is 33.2 Å². The fourth-order valence-electron chi connectivity index (χ4n) is 1.36. The molecule has 1 aromatic carbocycles. The number of aromatic nitrogens is 1. The molecule has 0 aliphatic carbocycles. The first kappa shape index (κ1) is 13.1. The number of thiazole rings is 1. The zero-order valence-corrected chi connectivity index (χ0v) is 11.2. The molecule has 0 aliphatic heterocycles. The Morgan fingerprint density at radius 3 is 2.78 bits per heavy atom. The van der Waals surface area contributed by atoms with E-state index < -0.39 is 17.6 Å². The summed E-state index contributed by atoms with van der Waals surface area (Å²) in [7, 11) is 0. The van der Waals surface area contributed by atoms with Crippen LogP contribution >= 0.6 is 27.3 Å².